The molecular weight excluding hydrogens is 248 g/mol. The largest absolute Gasteiger partial charge is 0.312 e. The number of rotatable bonds is 3. The van der Waals surface area contributed by atoms with Gasteiger partial charge in [-0.25, -0.2) is 9.97 Å². The highest BCUT2D eigenvalue weighted by Crippen LogP contribution is 2.23. The zero-order chi connectivity index (χ0) is 13.9. The first-order chi connectivity index (χ1) is 9.74. The van der Waals surface area contributed by atoms with Crippen molar-refractivity contribution in [3.8, 4) is 0 Å². The number of fused-ring (bicyclic) bond motifs is 1. The van der Waals surface area contributed by atoms with Gasteiger partial charge < -0.3 is 5.32 Å². The standard InChI is InChI=1S/C16H20N4/c1-11(2)16-13-10-17-8-6-14(13)19-15(20-16)9-12-5-3-4-7-18-12/h3-5,7,11,17H,6,8-10H2,1-2H3. The SMILES string of the molecule is CC(C)c1nc(Cc2ccccn2)nc2c1CNCC2. The molecule has 0 spiro atoms. The topological polar surface area (TPSA) is 50.7 Å². The summed E-state index contributed by atoms with van der Waals surface area (Å²) in [6.07, 6.45) is 3.52. The monoisotopic (exact) mass is 268 g/mol. The Balaban J connectivity index is 1.97. The maximum Gasteiger partial charge on any atom is 0.134 e. The number of pyridine rings is 1. The van der Waals surface area contributed by atoms with Crippen LogP contribution < -0.4 is 5.32 Å². The Hall–Kier alpha value is -1.81. The van der Waals surface area contributed by atoms with Gasteiger partial charge in [-0.3, -0.25) is 4.98 Å². The fourth-order valence-electron chi connectivity index (χ4n) is 2.64. The molecule has 0 unspecified atom stereocenters. The maximum absolute atomic E-state index is 4.79. The molecule has 0 atom stereocenters. The molecule has 104 valence electrons. The van der Waals surface area contributed by atoms with Crippen molar-refractivity contribution in [1.29, 1.82) is 0 Å². The first kappa shape index (κ1) is 13.2. The van der Waals surface area contributed by atoms with Crippen molar-refractivity contribution in [2.75, 3.05) is 6.54 Å². The molecule has 0 bridgehead atoms. The van der Waals surface area contributed by atoms with Crippen LogP contribution in [-0.4, -0.2) is 21.5 Å². The summed E-state index contributed by atoms with van der Waals surface area (Å²) in [5, 5.41) is 3.41. The molecule has 3 heterocycles. The number of aromatic nitrogens is 3. The summed E-state index contributed by atoms with van der Waals surface area (Å²) >= 11 is 0. The first-order valence-electron chi connectivity index (χ1n) is 7.23. The zero-order valence-corrected chi connectivity index (χ0v) is 12.1. The van der Waals surface area contributed by atoms with Crippen molar-refractivity contribution >= 4 is 0 Å². The van der Waals surface area contributed by atoms with Gasteiger partial charge in [0.25, 0.3) is 0 Å². The van der Waals surface area contributed by atoms with Crippen molar-refractivity contribution in [3.05, 3.63) is 52.9 Å². The minimum atomic E-state index is 0.425. The molecule has 0 radical (unpaired) electrons. The molecule has 4 nitrogen and oxygen atoms in total. The number of nitrogens with one attached hydrogen (secondary N) is 1. The summed E-state index contributed by atoms with van der Waals surface area (Å²) in [5.41, 5.74) is 4.73. The van der Waals surface area contributed by atoms with E-state index in [4.69, 9.17) is 9.97 Å². The van der Waals surface area contributed by atoms with Gasteiger partial charge >= 0.3 is 0 Å². The summed E-state index contributed by atoms with van der Waals surface area (Å²) in [6.45, 7) is 6.29. The van der Waals surface area contributed by atoms with Crippen LogP contribution in [0.5, 0.6) is 0 Å². The van der Waals surface area contributed by atoms with Crippen molar-refractivity contribution in [2.24, 2.45) is 0 Å². The lowest BCUT2D eigenvalue weighted by Gasteiger charge is -2.21. The third kappa shape index (κ3) is 2.70. The second-order valence-corrected chi connectivity index (χ2v) is 5.53. The zero-order valence-electron chi connectivity index (χ0n) is 12.1. The second-order valence-electron chi connectivity index (χ2n) is 5.53. The molecule has 0 amide bonds. The van der Waals surface area contributed by atoms with Crippen molar-refractivity contribution in [3.63, 3.8) is 0 Å². The lowest BCUT2D eigenvalue weighted by molar-refractivity contribution is 0.601. The lowest BCUT2D eigenvalue weighted by atomic mass is 9.98. The smallest absolute Gasteiger partial charge is 0.134 e. The number of hydrogen-bond donors (Lipinski definition) is 1. The van der Waals surface area contributed by atoms with Crippen LogP contribution in [-0.2, 0) is 19.4 Å². The molecule has 2 aromatic rings. The summed E-state index contributed by atoms with van der Waals surface area (Å²) in [7, 11) is 0. The van der Waals surface area contributed by atoms with Gasteiger partial charge in [-0.15, -0.1) is 0 Å². The molecule has 2 aromatic heterocycles. The van der Waals surface area contributed by atoms with E-state index in [-0.39, 0.29) is 0 Å². The highest BCUT2D eigenvalue weighted by atomic mass is 15.0. The first-order valence-corrected chi connectivity index (χ1v) is 7.23. The molecule has 4 heteroatoms. The van der Waals surface area contributed by atoms with E-state index in [9.17, 15) is 0 Å². The summed E-state index contributed by atoms with van der Waals surface area (Å²) < 4.78 is 0. The molecule has 1 N–H and O–H groups in total. The highest BCUT2D eigenvalue weighted by molar-refractivity contribution is 5.31. The van der Waals surface area contributed by atoms with E-state index in [1.54, 1.807) is 0 Å². The predicted octanol–water partition coefficient (Wildman–Crippen LogP) is 2.23. The van der Waals surface area contributed by atoms with Gasteiger partial charge in [0.2, 0.25) is 0 Å². The maximum atomic E-state index is 4.79. The van der Waals surface area contributed by atoms with E-state index in [1.165, 1.54) is 17.0 Å². The molecular formula is C16H20N4. The van der Waals surface area contributed by atoms with Gasteiger partial charge in [0.05, 0.1) is 17.8 Å². The molecule has 0 saturated carbocycles. The quantitative estimate of drug-likeness (QED) is 0.927. The summed E-state index contributed by atoms with van der Waals surface area (Å²) in [5.74, 6) is 1.32. The van der Waals surface area contributed by atoms with E-state index in [1.807, 2.05) is 24.4 Å². The van der Waals surface area contributed by atoms with E-state index in [0.717, 1.165) is 31.0 Å². The van der Waals surface area contributed by atoms with Crippen LogP contribution in [0.15, 0.2) is 24.4 Å². The van der Waals surface area contributed by atoms with Crippen LogP contribution in [0.25, 0.3) is 0 Å². The molecule has 0 aliphatic carbocycles. The number of hydrogen-bond acceptors (Lipinski definition) is 4. The molecule has 1 aliphatic heterocycles. The van der Waals surface area contributed by atoms with Crippen molar-refractivity contribution < 1.29 is 0 Å². The molecule has 3 rings (SSSR count). The van der Waals surface area contributed by atoms with Crippen LogP contribution in [0.4, 0.5) is 0 Å². The van der Waals surface area contributed by atoms with Crippen molar-refractivity contribution in [2.45, 2.75) is 39.2 Å². The predicted molar refractivity (Wildman–Crippen MR) is 78.6 cm³/mol. The van der Waals surface area contributed by atoms with Crippen LogP contribution in [0.1, 0.15) is 48.2 Å². The van der Waals surface area contributed by atoms with Gasteiger partial charge in [0.1, 0.15) is 5.82 Å². The average molecular weight is 268 g/mol. The van der Waals surface area contributed by atoms with Gasteiger partial charge in [0, 0.05) is 37.0 Å². The third-order valence-electron chi connectivity index (χ3n) is 3.62. The fourth-order valence-corrected chi connectivity index (χ4v) is 2.64. The van der Waals surface area contributed by atoms with E-state index < -0.39 is 0 Å². The Kier molecular flexibility index (Phi) is 3.74. The Labute approximate surface area is 119 Å². The molecule has 1 aliphatic rings. The summed E-state index contributed by atoms with van der Waals surface area (Å²) in [4.78, 5) is 13.9. The Morgan fingerprint density at radius 2 is 2.15 bits per heavy atom. The molecule has 0 fully saturated rings. The minimum absolute atomic E-state index is 0.425. The van der Waals surface area contributed by atoms with E-state index in [0.29, 0.717) is 12.3 Å². The Bertz CT molecular complexity index is 593. The van der Waals surface area contributed by atoms with Gasteiger partial charge in [-0.1, -0.05) is 19.9 Å². The van der Waals surface area contributed by atoms with Crippen molar-refractivity contribution in [1.82, 2.24) is 20.3 Å². The lowest BCUT2D eigenvalue weighted by Crippen LogP contribution is -2.27. The Morgan fingerprint density at radius 1 is 1.25 bits per heavy atom. The molecule has 20 heavy (non-hydrogen) atoms. The minimum Gasteiger partial charge on any atom is -0.312 e. The highest BCUT2D eigenvalue weighted by Gasteiger charge is 2.19. The van der Waals surface area contributed by atoms with Gasteiger partial charge in [0.15, 0.2) is 0 Å². The summed E-state index contributed by atoms with van der Waals surface area (Å²) in [6, 6.07) is 5.97. The number of nitrogens with zero attached hydrogens (tertiary/aromatic N) is 3. The fraction of sp³-hybridized carbons (Fsp3) is 0.438. The van der Waals surface area contributed by atoms with E-state index in [2.05, 4.69) is 24.1 Å². The van der Waals surface area contributed by atoms with Gasteiger partial charge in [-0.05, 0) is 18.1 Å². The van der Waals surface area contributed by atoms with Crippen LogP contribution in [0.3, 0.4) is 0 Å². The van der Waals surface area contributed by atoms with Crippen LogP contribution >= 0.6 is 0 Å². The Morgan fingerprint density at radius 3 is 2.90 bits per heavy atom. The average Bonchev–Trinajstić information content (AvgIpc) is 2.47. The second kappa shape index (κ2) is 5.67. The molecule has 0 aromatic carbocycles. The molecule has 0 saturated heterocycles. The third-order valence-corrected chi connectivity index (χ3v) is 3.62. The van der Waals surface area contributed by atoms with Crippen LogP contribution in [0.2, 0.25) is 0 Å². The van der Waals surface area contributed by atoms with Crippen LogP contribution in [0, 0.1) is 0 Å². The van der Waals surface area contributed by atoms with E-state index >= 15 is 0 Å². The normalized spacial score (nSPS) is 14.3. The van der Waals surface area contributed by atoms with Gasteiger partial charge in [-0.2, -0.15) is 0 Å².